The fourth-order valence-corrected chi connectivity index (χ4v) is 3.29. The lowest BCUT2D eigenvalue weighted by Crippen LogP contribution is -2.39. The Morgan fingerprint density at radius 2 is 1.88 bits per heavy atom. The molecule has 1 amide bonds. The average Bonchev–Trinajstić information content (AvgIpc) is 3.12. The van der Waals surface area contributed by atoms with E-state index >= 15 is 0 Å². The third kappa shape index (κ3) is 4.04. The van der Waals surface area contributed by atoms with Crippen LogP contribution >= 0.6 is 23.2 Å². The monoisotopic (exact) mass is 395 g/mol. The zero-order valence-electron chi connectivity index (χ0n) is 14.3. The van der Waals surface area contributed by atoms with Crippen LogP contribution in [0.5, 0.6) is 11.5 Å². The van der Waals surface area contributed by atoms with E-state index in [9.17, 15) is 4.79 Å². The molecule has 2 atom stereocenters. The second-order valence-corrected chi connectivity index (χ2v) is 6.70. The molecule has 2 aromatic carbocycles. The van der Waals surface area contributed by atoms with Crippen LogP contribution in [-0.4, -0.2) is 26.2 Å². The highest BCUT2D eigenvalue weighted by molar-refractivity contribution is 6.32. The number of benzene rings is 2. The summed E-state index contributed by atoms with van der Waals surface area (Å²) >= 11 is 12.2. The third-order valence-electron chi connectivity index (χ3n) is 4.20. The smallest absolute Gasteiger partial charge is 0.243 e. The Morgan fingerprint density at radius 1 is 1.12 bits per heavy atom. The Labute approximate surface area is 161 Å². The second kappa shape index (κ2) is 8.14. The lowest BCUT2D eigenvalue weighted by molar-refractivity contribution is -0.117. The molecule has 6 nitrogen and oxygen atoms in total. The summed E-state index contributed by atoms with van der Waals surface area (Å²) in [6.45, 7) is 0. The van der Waals surface area contributed by atoms with Crippen LogP contribution in [0.2, 0.25) is 10.0 Å². The van der Waals surface area contributed by atoms with Crippen molar-refractivity contribution in [1.29, 1.82) is 0 Å². The zero-order chi connectivity index (χ0) is 18.7. The SMILES string of the molecule is COc1cc(OC)c(NC(=O)C2CC(c3cccc(Cl)c3)NN2)cc1Cl. The molecule has 3 rings (SSSR count). The summed E-state index contributed by atoms with van der Waals surface area (Å²) < 4.78 is 10.5. The van der Waals surface area contributed by atoms with E-state index in [4.69, 9.17) is 32.7 Å². The molecule has 8 heteroatoms. The Balaban J connectivity index is 1.70. The maximum absolute atomic E-state index is 12.6. The minimum absolute atomic E-state index is 0.00852. The molecular weight excluding hydrogens is 377 g/mol. The minimum Gasteiger partial charge on any atom is -0.495 e. The van der Waals surface area contributed by atoms with E-state index in [1.807, 2.05) is 24.3 Å². The molecule has 0 spiro atoms. The van der Waals surface area contributed by atoms with Crippen LogP contribution in [0.4, 0.5) is 5.69 Å². The van der Waals surface area contributed by atoms with E-state index < -0.39 is 6.04 Å². The predicted molar refractivity (Wildman–Crippen MR) is 102 cm³/mol. The molecule has 0 aliphatic carbocycles. The topological polar surface area (TPSA) is 71.6 Å². The van der Waals surface area contributed by atoms with Crippen molar-refractivity contribution >= 4 is 34.8 Å². The number of methoxy groups -OCH3 is 2. The first-order valence-electron chi connectivity index (χ1n) is 8.00. The standard InChI is InChI=1S/C18H19Cl2N3O3/c1-25-16-9-17(26-2)14(7-12(16)20)21-18(24)15-8-13(22-23-15)10-4-3-5-11(19)6-10/h3-7,9,13,15,22-23H,8H2,1-2H3,(H,21,24). The van der Waals surface area contributed by atoms with Crippen molar-refractivity contribution in [3.05, 3.63) is 52.0 Å². The van der Waals surface area contributed by atoms with Crippen molar-refractivity contribution in [3.8, 4) is 11.5 Å². The first-order valence-corrected chi connectivity index (χ1v) is 8.76. The van der Waals surface area contributed by atoms with E-state index in [0.717, 1.165) is 5.56 Å². The van der Waals surface area contributed by atoms with Gasteiger partial charge >= 0.3 is 0 Å². The lowest BCUT2D eigenvalue weighted by atomic mass is 10.0. The highest BCUT2D eigenvalue weighted by Gasteiger charge is 2.30. The summed E-state index contributed by atoms with van der Waals surface area (Å²) in [5.41, 5.74) is 7.65. The molecule has 2 aromatic rings. The van der Waals surface area contributed by atoms with Gasteiger partial charge in [0.15, 0.2) is 0 Å². The number of hydrogen-bond donors (Lipinski definition) is 3. The van der Waals surface area contributed by atoms with Crippen molar-refractivity contribution in [1.82, 2.24) is 10.9 Å². The number of carbonyl (C=O) groups is 1. The normalized spacial score (nSPS) is 19.2. The van der Waals surface area contributed by atoms with Gasteiger partial charge in [-0.2, -0.15) is 0 Å². The molecule has 0 saturated carbocycles. The van der Waals surface area contributed by atoms with Crippen LogP contribution in [0.25, 0.3) is 0 Å². The van der Waals surface area contributed by atoms with Crippen LogP contribution in [0.15, 0.2) is 36.4 Å². The summed E-state index contributed by atoms with van der Waals surface area (Å²) in [7, 11) is 3.03. The van der Waals surface area contributed by atoms with E-state index in [1.54, 1.807) is 12.1 Å². The molecule has 0 radical (unpaired) electrons. The highest BCUT2D eigenvalue weighted by atomic mass is 35.5. The van der Waals surface area contributed by atoms with Crippen LogP contribution < -0.4 is 25.6 Å². The first-order chi connectivity index (χ1) is 12.5. The zero-order valence-corrected chi connectivity index (χ0v) is 15.8. The van der Waals surface area contributed by atoms with Gasteiger partial charge in [-0.1, -0.05) is 35.3 Å². The molecule has 1 aliphatic heterocycles. The number of halogens is 2. The predicted octanol–water partition coefficient (Wildman–Crippen LogP) is 3.56. The van der Waals surface area contributed by atoms with Crippen molar-refractivity contribution in [2.45, 2.75) is 18.5 Å². The molecule has 26 heavy (non-hydrogen) atoms. The second-order valence-electron chi connectivity index (χ2n) is 5.86. The fraction of sp³-hybridized carbons (Fsp3) is 0.278. The summed E-state index contributed by atoms with van der Waals surface area (Å²) in [5.74, 6) is 0.752. The van der Waals surface area contributed by atoms with Crippen molar-refractivity contribution in [2.75, 3.05) is 19.5 Å². The van der Waals surface area contributed by atoms with Gasteiger partial charge in [0.1, 0.15) is 17.5 Å². The number of rotatable bonds is 5. The van der Waals surface area contributed by atoms with Gasteiger partial charge in [0.05, 0.1) is 24.9 Å². The van der Waals surface area contributed by atoms with Gasteiger partial charge in [0, 0.05) is 17.1 Å². The molecule has 3 N–H and O–H groups in total. The molecule has 0 bridgehead atoms. The Kier molecular flexibility index (Phi) is 5.88. The molecule has 0 aromatic heterocycles. The van der Waals surface area contributed by atoms with Crippen molar-refractivity contribution < 1.29 is 14.3 Å². The molecule has 2 unspecified atom stereocenters. The quantitative estimate of drug-likeness (QED) is 0.721. The molecule has 138 valence electrons. The van der Waals surface area contributed by atoms with Crippen molar-refractivity contribution in [2.24, 2.45) is 0 Å². The molecule has 1 saturated heterocycles. The Morgan fingerprint density at radius 3 is 2.58 bits per heavy atom. The van der Waals surface area contributed by atoms with Gasteiger partial charge < -0.3 is 14.8 Å². The number of hydrogen-bond acceptors (Lipinski definition) is 5. The largest absolute Gasteiger partial charge is 0.495 e. The third-order valence-corrected chi connectivity index (χ3v) is 4.73. The van der Waals surface area contributed by atoms with Crippen LogP contribution in [0.3, 0.4) is 0 Å². The van der Waals surface area contributed by atoms with Crippen LogP contribution in [-0.2, 0) is 4.79 Å². The number of anilines is 1. The van der Waals surface area contributed by atoms with E-state index in [0.29, 0.717) is 33.7 Å². The number of amides is 1. The van der Waals surface area contributed by atoms with Crippen molar-refractivity contribution in [3.63, 3.8) is 0 Å². The summed E-state index contributed by atoms with van der Waals surface area (Å²) in [6, 6.07) is 10.4. The van der Waals surface area contributed by atoms with E-state index in [1.165, 1.54) is 14.2 Å². The van der Waals surface area contributed by atoms with Gasteiger partial charge in [0.25, 0.3) is 0 Å². The van der Waals surface area contributed by atoms with E-state index in [-0.39, 0.29) is 11.9 Å². The first kappa shape index (κ1) is 18.8. The van der Waals surface area contributed by atoms with Gasteiger partial charge in [-0.05, 0) is 30.2 Å². The number of nitrogens with one attached hydrogen (secondary N) is 3. The lowest BCUT2D eigenvalue weighted by Gasteiger charge is -2.15. The Hall–Kier alpha value is -1.99. The average molecular weight is 396 g/mol. The Bertz CT molecular complexity index is 816. The van der Waals surface area contributed by atoms with Gasteiger partial charge in [0.2, 0.25) is 5.91 Å². The highest BCUT2D eigenvalue weighted by Crippen LogP contribution is 2.36. The number of hydrazine groups is 1. The van der Waals surface area contributed by atoms with Gasteiger partial charge in [-0.25, -0.2) is 10.9 Å². The molecule has 1 heterocycles. The minimum atomic E-state index is -0.412. The van der Waals surface area contributed by atoms with Crippen LogP contribution in [0, 0.1) is 0 Å². The van der Waals surface area contributed by atoms with Gasteiger partial charge in [-0.3, -0.25) is 4.79 Å². The molecule has 1 fully saturated rings. The van der Waals surface area contributed by atoms with E-state index in [2.05, 4.69) is 16.2 Å². The number of carbonyl (C=O) groups excluding carboxylic acids is 1. The van der Waals surface area contributed by atoms with Gasteiger partial charge in [-0.15, -0.1) is 0 Å². The van der Waals surface area contributed by atoms with Crippen LogP contribution in [0.1, 0.15) is 18.0 Å². The maximum atomic E-state index is 12.6. The molecule has 1 aliphatic rings. The molecular formula is C18H19Cl2N3O3. The summed E-state index contributed by atoms with van der Waals surface area (Å²) in [5, 5.41) is 3.90. The fourth-order valence-electron chi connectivity index (χ4n) is 2.85. The number of ether oxygens (including phenoxy) is 2. The summed E-state index contributed by atoms with van der Waals surface area (Å²) in [6.07, 6.45) is 0.582. The summed E-state index contributed by atoms with van der Waals surface area (Å²) in [4.78, 5) is 12.6. The maximum Gasteiger partial charge on any atom is 0.243 e.